The Kier molecular flexibility index (Phi) is 3.34. The molecule has 4 heteroatoms. The molecule has 0 saturated carbocycles. The van der Waals surface area contributed by atoms with E-state index in [2.05, 4.69) is 12.2 Å². The van der Waals surface area contributed by atoms with Gasteiger partial charge in [0, 0.05) is 12.2 Å². The summed E-state index contributed by atoms with van der Waals surface area (Å²) in [5.41, 5.74) is 4.76. The molecule has 100 valence electrons. The average Bonchev–Trinajstić information content (AvgIpc) is 2.85. The summed E-state index contributed by atoms with van der Waals surface area (Å²) < 4.78 is 5.53. The van der Waals surface area contributed by atoms with E-state index in [4.69, 9.17) is 14.4 Å². The van der Waals surface area contributed by atoms with E-state index >= 15 is 0 Å². The van der Waals surface area contributed by atoms with Gasteiger partial charge in [0.2, 0.25) is 0 Å². The fourth-order valence-corrected chi connectivity index (χ4v) is 2.58. The minimum absolute atomic E-state index is 0.730. The number of aromatic nitrogens is 2. The molecule has 19 heavy (non-hydrogen) atoms. The Morgan fingerprint density at radius 1 is 1.37 bits per heavy atom. The molecular weight excluding hydrogens is 238 g/mol. The number of rotatable bonds is 3. The minimum atomic E-state index is 0.730. The molecular formula is C15H19N3O. The van der Waals surface area contributed by atoms with Crippen LogP contribution in [0, 0.1) is 6.92 Å². The van der Waals surface area contributed by atoms with Gasteiger partial charge in [0.25, 0.3) is 0 Å². The molecule has 0 amide bonds. The maximum Gasteiger partial charge on any atom is 0.196 e. The molecule has 1 N–H and O–H groups in total. The number of hydrogen-bond acceptors (Lipinski definition) is 4. The van der Waals surface area contributed by atoms with Crippen LogP contribution in [0.25, 0.3) is 11.6 Å². The first-order chi connectivity index (χ1) is 9.29. The SMILES string of the molecule is CCCc1nc(-c2occc2C)nc2c1CCNC2. The van der Waals surface area contributed by atoms with Crippen LogP contribution in [-0.4, -0.2) is 16.5 Å². The zero-order valence-electron chi connectivity index (χ0n) is 11.5. The van der Waals surface area contributed by atoms with Crippen molar-refractivity contribution in [1.82, 2.24) is 15.3 Å². The van der Waals surface area contributed by atoms with Crippen molar-refractivity contribution in [2.75, 3.05) is 6.54 Å². The maximum absolute atomic E-state index is 5.53. The number of nitrogens with zero attached hydrogens (tertiary/aromatic N) is 2. The predicted octanol–water partition coefficient (Wildman–Crippen LogP) is 2.64. The Balaban J connectivity index is 2.11. The molecule has 2 aromatic heterocycles. The lowest BCUT2D eigenvalue weighted by Gasteiger charge is -2.19. The zero-order valence-corrected chi connectivity index (χ0v) is 11.5. The Labute approximate surface area is 113 Å². The van der Waals surface area contributed by atoms with Gasteiger partial charge in [0.1, 0.15) is 0 Å². The van der Waals surface area contributed by atoms with Gasteiger partial charge in [0.05, 0.1) is 12.0 Å². The molecule has 2 aromatic rings. The van der Waals surface area contributed by atoms with E-state index < -0.39 is 0 Å². The van der Waals surface area contributed by atoms with Crippen LogP contribution in [0.4, 0.5) is 0 Å². The lowest BCUT2D eigenvalue weighted by atomic mass is 10.0. The van der Waals surface area contributed by atoms with Crippen molar-refractivity contribution in [2.45, 2.75) is 39.7 Å². The van der Waals surface area contributed by atoms with Gasteiger partial charge in [-0.1, -0.05) is 13.3 Å². The highest BCUT2D eigenvalue weighted by atomic mass is 16.3. The van der Waals surface area contributed by atoms with E-state index in [1.54, 1.807) is 6.26 Å². The van der Waals surface area contributed by atoms with Gasteiger partial charge < -0.3 is 9.73 Å². The number of fused-ring (bicyclic) bond motifs is 1. The monoisotopic (exact) mass is 257 g/mol. The van der Waals surface area contributed by atoms with Crippen LogP contribution in [0.15, 0.2) is 16.7 Å². The lowest BCUT2D eigenvalue weighted by Crippen LogP contribution is -2.26. The topological polar surface area (TPSA) is 51.0 Å². The molecule has 1 aliphatic rings. The number of aryl methyl sites for hydroxylation is 2. The predicted molar refractivity (Wildman–Crippen MR) is 73.9 cm³/mol. The smallest absolute Gasteiger partial charge is 0.196 e. The van der Waals surface area contributed by atoms with Crippen molar-refractivity contribution in [2.24, 2.45) is 0 Å². The van der Waals surface area contributed by atoms with Gasteiger partial charge in [-0.15, -0.1) is 0 Å². The summed E-state index contributed by atoms with van der Waals surface area (Å²) >= 11 is 0. The van der Waals surface area contributed by atoms with Crippen LogP contribution in [0.2, 0.25) is 0 Å². The Morgan fingerprint density at radius 3 is 3.00 bits per heavy atom. The van der Waals surface area contributed by atoms with E-state index in [1.165, 1.54) is 11.3 Å². The third-order valence-corrected chi connectivity index (χ3v) is 3.57. The molecule has 0 unspecified atom stereocenters. The second kappa shape index (κ2) is 5.13. The number of nitrogens with one attached hydrogen (secondary N) is 1. The van der Waals surface area contributed by atoms with Crippen molar-refractivity contribution in [1.29, 1.82) is 0 Å². The third kappa shape index (κ3) is 2.28. The summed E-state index contributed by atoms with van der Waals surface area (Å²) in [6, 6.07) is 1.95. The van der Waals surface area contributed by atoms with Crippen molar-refractivity contribution in [3.63, 3.8) is 0 Å². The molecule has 0 spiro atoms. The van der Waals surface area contributed by atoms with Crippen LogP contribution in [0.5, 0.6) is 0 Å². The van der Waals surface area contributed by atoms with Gasteiger partial charge in [-0.2, -0.15) is 0 Å². The summed E-state index contributed by atoms with van der Waals surface area (Å²) in [5, 5.41) is 3.38. The highest BCUT2D eigenvalue weighted by Gasteiger charge is 2.19. The van der Waals surface area contributed by atoms with Crippen LogP contribution in [-0.2, 0) is 19.4 Å². The molecule has 0 saturated heterocycles. The number of hydrogen-bond donors (Lipinski definition) is 1. The van der Waals surface area contributed by atoms with Crippen LogP contribution < -0.4 is 5.32 Å². The van der Waals surface area contributed by atoms with Gasteiger partial charge in [-0.05, 0) is 43.5 Å². The minimum Gasteiger partial charge on any atom is -0.461 e. The van der Waals surface area contributed by atoms with Crippen LogP contribution in [0.1, 0.15) is 35.9 Å². The zero-order chi connectivity index (χ0) is 13.2. The van der Waals surface area contributed by atoms with Crippen molar-refractivity contribution >= 4 is 0 Å². The molecule has 0 aliphatic carbocycles. The number of furan rings is 1. The summed E-state index contributed by atoms with van der Waals surface area (Å²) in [7, 11) is 0. The average molecular weight is 257 g/mol. The molecule has 0 bridgehead atoms. The van der Waals surface area contributed by atoms with Gasteiger partial charge in [-0.3, -0.25) is 0 Å². The molecule has 0 atom stereocenters. The fraction of sp³-hybridized carbons (Fsp3) is 0.467. The van der Waals surface area contributed by atoms with E-state index in [1.807, 2.05) is 13.0 Å². The summed E-state index contributed by atoms with van der Waals surface area (Å²) in [6.07, 6.45) is 4.85. The second-order valence-electron chi connectivity index (χ2n) is 5.03. The molecule has 4 nitrogen and oxygen atoms in total. The third-order valence-electron chi connectivity index (χ3n) is 3.57. The van der Waals surface area contributed by atoms with Gasteiger partial charge >= 0.3 is 0 Å². The first kappa shape index (κ1) is 12.4. The Morgan fingerprint density at radius 2 is 2.26 bits per heavy atom. The largest absolute Gasteiger partial charge is 0.461 e. The molecule has 3 heterocycles. The highest BCUT2D eigenvalue weighted by molar-refractivity contribution is 5.53. The quantitative estimate of drug-likeness (QED) is 0.918. The van der Waals surface area contributed by atoms with E-state index in [0.717, 1.165) is 55.2 Å². The van der Waals surface area contributed by atoms with Gasteiger partial charge in [0.15, 0.2) is 11.6 Å². The molecule has 0 radical (unpaired) electrons. The summed E-state index contributed by atoms with van der Waals surface area (Å²) in [4.78, 5) is 9.44. The fourth-order valence-electron chi connectivity index (χ4n) is 2.58. The molecule has 0 fully saturated rings. The van der Waals surface area contributed by atoms with Crippen LogP contribution >= 0.6 is 0 Å². The van der Waals surface area contributed by atoms with E-state index in [-0.39, 0.29) is 0 Å². The molecule has 1 aliphatic heterocycles. The van der Waals surface area contributed by atoms with Crippen molar-refractivity contribution in [3.8, 4) is 11.6 Å². The standard InChI is InChI=1S/C15H19N3O/c1-3-4-12-11-5-7-16-9-13(11)18-15(17-12)14-10(2)6-8-19-14/h6,8,16H,3-5,7,9H2,1-2H3. The summed E-state index contributed by atoms with van der Waals surface area (Å²) in [5.74, 6) is 1.53. The van der Waals surface area contributed by atoms with E-state index in [0.29, 0.717) is 0 Å². The van der Waals surface area contributed by atoms with Crippen molar-refractivity contribution < 1.29 is 4.42 Å². The molecule has 0 aromatic carbocycles. The first-order valence-electron chi connectivity index (χ1n) is 6.93. The van der Waals surface area contributed by atoms with Crippen LogP contribution in [0.3, 0.4) is 0 Å². The second-order valence-corrected chi connectivity index (χ2v) is 5.03. The maximum atomic E-state index is 5.53. The Bertz CT molecular complexity index is 589. The van der Waals surface area contributed by atoms with E-state index in [9.17, 15) is 0 Å². The van der Waals surface area contributed by atoms with Gasteiger partial charge in [-0.25, -0.2) is 9.97 Å². The highest BCUT2D eigenvalue weighted by Crippen LogP contribution is 2.25. The summed E-state index contributed by atoms with van der Waals surface area (Å²) in [6.45, 7) is 6.07. The van der Waals surface area contributed by atoms with Crippen molar-refractivity contribution in [3.05, 3.63) is 34.8 Å². The lowest BCUT2D eigenvalue weighted by molar-refractivity contribution is 0.569. The molecule has 3 rings (SSSR count). The first-order valence-corrected chi connectivity index (χ1v) is 6.93. The normalized spacial score (nSPS) is 14.4. The Hall–Kier alpha value is -1.68.